The van der Waals surface area contributed by atoms with Crippen molar-refractivity contribution in [1.82, 2.24) is 15.0 Å². The minimum atomic E-state index is -0.230. The summed E-state index contributed by atoms with van der Waals surface area (Å²) in [7, 11) is 0. The van der Waals surface area contributed by atoms with Gasteiger partial charge in [-0.1, -0.05) is 65.3 Å². The molecular formula is C19H12Cl2N4OS2. The smallest absolute Gasteiger partial charge is 0.235 e. The van der Waals surface area contributed by atoms with Crippen molar-refractivity contribution in [2.45, 2.75) is 5.03 Å². The van der Waals surface area contributed by atoms with E-state index in [0.717, 1.165) is 25.7 Å². The molecule has 28 heavy (non-hydrogen) atoms. The van der Waals surface area contributed by atoms with E-state index in [1.165, 1.54) is 30.4 Å². The lowest BCUT2D eigenvalue weighted by Gasteiger charge is -2.06. The van der Waals surface area contributed by atoms with Gasteiger partial charge in [-0.25, -0.2) is 15.0 Å². The summed E-state index contributed by atoms with van der Waals surface area (Å²) in [6, 6.07) is 13.7. The van der Waals surface area contributed by atoms with Crippen molar-refractivity contribution in [2.24, 2.45) is 0 Å². The van der Waals surface area contributed by atoms with Crippen molar-refractivity contribution in [3.8, 4) is 10.4 Å². The fraction of sp³-hybridized carbons (Fsp3) is 0.0526. The second kappa shape index (κ2) is 8.45. The van der Waals surface area contributed by atoms with Crippen LogP contribution in [0.3, 0.4) is 0 Å². The van der Waals surface area contributed by atoms with Crippen LogP contribution in [0.5, 0.6) is 0 Å². The molecule has 4 rings (SSSR count). The van der Waals surface area contributed by atoms with Crippen LogP contribution in [0.4, 0.5) is 5.82 Å². The topological polar surface area (TPSA) is 67.8 Å². The minimum Gasteiger partial charge on any atom is -0.309 e. The van der Waals surface area contributed by atoms with Gasteiger partial charge in [0.2, 0.25) is 5.91 Å². The zero-order valence-corrected chi connectivity index (χ0v) is 17.4. The van der Waals surface area contributed by atoms with Gasteiger partial charge in [-0.05, 0) is 17.7 Å². The van der Waals surface area contributed by atoms with Gasteiger partial charge in [0, 0.05) is 16.5 Å². The van der Waals surface area contributed by atoms with Crippen LogP contribution < -0.4 is 5.32 Å². The van der Waals surface area contributed by atoms with E-state index in [0.29, 0.717) is 10.0 Å². The molecule has 0 saturated carbocycles. The van der Waals surface area contributed by atoms with Crippen molar-refractivity contribution in [3.05, 3.63) is 65.0 Å². The van der Waals surface area contributed by atoms with Gasteiger partial charge in [-0.2, -0.15) is 0 Å². The summed E-state index contributed by atoms with van der Waals surface area (Å²) < 4.78 is 0. The average Bonchev–Trinajstić information content (AvgIpc) is 3.14. The number of fused-ring (bicyclic) bond motifs is 1. The molecule has 0 atom stereocenters. The number of rotatable bonds is 5. The van der Waals surface area contributed by atoms with Crippen molar-refractivity contribution in [3.63, 3.8) is 0 Å². The Labute approximate surface area is 179 Å². The van der Waals surface area contributed by atoms with Crippen LogP contribution in [0.15, 0.2) is 60.0 Å². The second-order valence-corrected chi connectivity index (χ2v) is 8.53. The van der Waals surface area contributed by atoms with Crippen molar-refractivity contribution >= 4 is 68.2 Å². The first-order valence-corrected chi connectivity index (χ1v) is 10.7. The van der Waals surface area contributed by atoms with Gasteiger partial charge in [0.05, 0.1) is 15.8 Å². The summed E-state index contributed by atoms with van der Waals surface area (Å²) in [5, 5.41) is 5.08. The maximum atomic E-state index is 12.3. The first kappa shape index (κ1) is 19.1. The van der Waals surface area contributed by atoms with E-state index in [4.69, 9.17) is 23.2 Å². The zero-order valence-electron chi connectivity index (χ0n) is 14.2. The summed E-state index contributed by atoms with van der Waals surface area (Å²) in [5.41, 5.74) is 1.13. The SMILES string of the molecule is O=C(CSc1ncnc2sc(-c3ccccc3)cc12)Nc1ncc(Cl)cc1Cl. The van der Waals surface area contributed by atoms with Crippen LogP contribution >= 0.6 is 46.3 Å². The third-order valence-electron chi connectivity index (χ3n) is 3.76. The molecule has 1 amide bonds. The number of hydrogen-bond donors (Lipinski definition) is 1. The van der Waals surface area contributed by atoms with E-state index in [1.807, 2.05) is 18.2 Å². The van der Waals surface area contributed by atoms with Crippen LogP contribution in [0, 0.1) is 0 Å². The number of amides is 1. The third kappa shape index (κ3) is 4.28. The lowest BCUT2D eigenvalue weighted by Crippen LogP contribution is -2.15. The average molecular weight is 447 g/mol. The quantitative estimate of drug-likeness (QED) is 0.310. The minimum absolute atomic E-state index is 0.170. The Morgan fingerprint density at radius 1 is 1.11 bits per heavy atom. The summed E-state index contributed by atoms with van der Waals surface area (Å²) in [5.74, 6) is 0.224. The Bertz CT molecular complexity index is 1150. The van der Waals surface area contributed by atoms with Gasteiger partial charge < -0.3 is 5.32 Å². The molecule has 9 heteroatoms. The van der Waals surface area contributed by atoms with E-state index in [-0.39, 0.29) is 17.5 Å². The molecule has 0 radical (unpaired) electrons. The molecule has 0 aliphatic rings. The Hall–Kier alpha value is -2.19. The molecule has 140 valence electrons. The van der Waals surface area contributed by atoms with E-state index >= 15 is 0 Å². The molecule has 0 bridgehead atoms. The highest BCUT2D eigenvalue weighted by atomic mass is 35.5. The number of benzene rings is 1. The Morgan fingerprint density at radius 2 is 1.93 bits per heavy atom. The third-order valence-corrected chi connectivity index (χ3v) is 6.35. The molecule has 3 aromatic heterocycles. The van der Waals surface area contributed by atoms with Gasteiger partial charge >= 0.3 is 0 Å². The first-order valence-electron chi connectivity index (χ1n) is 8.14. The Balaban J connectivity index is 1.50. The summed E-state index contributed by atoms with van der Waals surface area (Å²) in [6.07, 6.45) is 2.95. The van der Waals surface area contributed by atoms with Crippen LogP contribution in [0.25, 0.3) is 20.7 Å². The molecular weight excluding hydrogens is 435 g/mol. The molecule has 0 fully saturated rings. The van der Waals surface area contributed by atoms with E-state index in [9.17, 15) is 4.79 Å². The number of thioether (sulfide) groups is 1. The number of hydrogen-bond acceptors (Lipinski definition) is 6. The molecule has 0 aliphatic heterocycles. The van der Waals surface area contributed by atoms with Crippen LogP contribution in [-0.2, 0) is 4.79 Å². The second-order valence-electron chi connectivity index (χ2n) is 5.70. The number of nitrogens with zero attached hydrogens (tertiary/aromatic N) is 3. The number of pyridine rings is 1. The highest BCUT2D eigenvalue weighted by Gasteiger charge is 2.13. The molecule has 0 spiro atoms. The van der Waals surface area contributed by atoms with Gasteiger partial charge in [-0.15, -0.1) is 11.3 Å². The normalized spacial score (nSPS) is 10.9. The van der Waals surface area contributed by atoms with Crippen molar-refractivity contribution < 1.29 is 4.79 Å². The fourth-order valence-corrected chi connectivity index (χ4v) is 4.77. The van der Waals surface area contributed by atoms with Crippen LogP contribution in [0.2, 0.25) is 10.0 Å². The van der Waals surface area contributed by atoms with Crippen molar-refractivity contribution in [2.75, 3.05) is 11.1 Å². The highest BCUT2D eigenvalue weighted by molar-refractivity contribution is 8.00. The van der Waals surface area contributed by atoms with Crippen LogP contribution in [0.1, 0.15) is 0 Å². The number of halogens is 2. The van der Waals surface area contributed by atoms with Crippen molar-refractivity contribution in [1.29, 1.82) is 0 Å². The number of thiophene rings is 1. The molecule has 1 N–H and O–H groups in total. The predicted octanol–water partition coefficient (Wildman–Crippen LogP) is 5.79. The fourth-order valence-electron chi connectivity index (χ4n) is 2.50. The number of nitrogens with one attached hydrogen (secondary N) is 1. The number of aromatic nitrogens is 3. The summed E-state index contributed by atoms with van der Waals surface area (Å²) in [6.45, 7) is 0. The Morgan fingerprint density at radius 3 is 2.71 bits per heavy atom. The molecule has 4 aromatic rings. The molecule has 1 aromatic carbocycles. The molecule has 0 saturated heterocycles. The molecule has 0 unspecified atom stereocenters. The monoisotopic (exact) mass is 446 g/mol. The van der Waals surface area contributed by atoms with E-state index in [1.54, 1.807) is 11.3 Å². The number of carbonyl (C=O) groups is 1. The van der Waals surface area contributed by atoms with E-state index in [2.05, 4.69) is 38.5 Å². The van der Waals surface area contributed by atoms with Crippen LogP contribution in [-0.4, -0.2) is 26.6 Å². The lowest BCUT2D eigenvalue weighted by molar-refractivity contribution is -0.113. The summed E-state index contributed by atoms with van der Waals surface area (Å²) >= 11 is 14.8. The van der Waals surface area contributed by atoms with Gasteiger partial charge in [0.1, 0.15) is 16.2 Å². The van der Waals surface area contributed by atoms with Gasteiger partial charge in [0.15, 0.2) is 5.82 Å². The number of carbonyl (C=O) groups excluding carboxylic acids is 1. The number of anilines is 1. The molecule has 5 nitrogen and oxygen atoms in total. The highest BCUT2D eigenvalue weighted by Crippen LogP contribution is 2.36. The van der Waals surface area contributed by atoms with E-state index < -0.39 is 0 Å². The Kier molecular flexibility index (Phi) is 5.77. The lowest BCUT2D eigenvalue weighted by atomic mass is 10.2. The standard InChI is InChI=1S/C19H12Cl2N4OS2/c20-12-6-14(21)17(22-8-12)25-16(26)9-27-18-13-7-15(11-4-2-1-3-5-11)28-19(13)24-10-23-18/h1-8,10H,9H2,(H,22,25,26). The molecule has 0 aliphatic carbocycles. The van der Waals surface area contributed by atoms with Gasteiger partial charge in [-0.3, -0.25) is 4.79 Å². The summed E-state index contributed by atoms with van der Waals surface area (Å²) in [4.78, 5) is 27.0. The molecule has 3 heterocycles. The maximum Gasteiger partial charge on any atom is 0.235 e. The van der Waals surface area contributed by atoms with Gasteiger partial charge in [0.25, 0.3) is 0 Å². The maximum absolute atomic E-state index is 12.3. The first-order chi connectivity index (χ1) is 13.6. The largest absolute Gasteiger partial charge is 0.309 e. The predicted molar refractivity (Wildman–Crippen MR) is 116 cm³/mol. The zero-order chi connectivity index (χ0) is 19.5.